The summed E-state index contributed by atoms with van der Waals surface area (Å²) in [6.07, 6.45) is 112. The minimum absolute atomic E-state index is 0.0393. The first-order chi connectivity index (χ1) is 45.8. The van der Waals surface area contributed by atoms with Crippen molar-refractivity contribution in [3.63, 3.8) is 0 Å². The molecule has 0 saturated heterocycles. The first-order valence-corrected chi connectivity index (χ1v) is 39.5. The molecular formula is C83H140NO8P. The topological polar surface area (TPSA) is 134 Å². The van der Waals surface area contributed by atoms with Gasteiger partial charge in [-0.1, -0.05) is 339 Å². The van der Waals surface area contributed by atoms with Crippen LogP contribution < -0.4 is 5.73 Å². The summed E-state index contributed by atoms with van der Waals surface area (Å²) in [5.41, 5.74) is 5.40. The SMILES string of the molecule is CC/C=C\C/C=C\C/C=C\C/C=C\C/C=C\C/C=C\C/C=C\C/C=C\C/C=C\C/C=C\CCCCC(=O)OC(COC(=O)CCCCCCCCCCCCCCCCCCCCCCCCCC/C=C\C/C=C\C/C=C\CCCCCCC)COP(=O)(O)OCCN. The first kappa shape index (κ1) is 88.6. The molecule has 0 aromatic rings. The third kappa shape index (κ3) is 76.5. The Bertz CT molecular complexity index is 2090. The number of rotatable bonds is 70. The molecule has 10 heteroatoms. The molecule has 0 aliphatic rings. The van der Waals surface area contributed by atoms with Gasteiger partial charge in [0, 0.05) is 19.4 Å². The summed E-state index contributed by atoms with van der Waals surface area (Å²) >= 11 is 0. The van der Waals surface area contributed by atoms with Gasteiger partial charge >= 0.3 is 19.8 Å². The number of nitrogens with two attached hydrogens (primary N) is 1. The number of unbranched alkanes of at least 4 members (excludes halogenated alkanes) is 31. The van der Waals surface area contributed by atoms with Crippen molar-refractivity contribution in [2.24, 2.45) is 5.73 Å². The molecule has 0 aromatic heterocycles. The number of phosphoric acid groups is 1. The zero-order valence-electron chi connectivity index (χ0n) is 59.7. The second kappa shape index (κ2) is 76.6. The summed E-state index contributed by atoms with van der Waals surface area (Å²) in [6.45, 7) is 3.58. The molecule has 0 aliphatic heterocycles. The fourth-order valence-corrected chi connectivity index (χ4v) is 11.1. The summed E-state index contributed by atoms with van der Waals surface area (Å²) in [6, 6.07) is 0. The molecule has 0 spiro atoms. The Labute approximate surface area is 572 Å². The van der Waals surface area contributed by atoms with Gasteiger partial charge in [0.2, 0.25) is 0 Å². The zero-order chi connectivity index (χ0) is 67.2. The number of phosphoric ester groups is 1. The zero-order valence-corrected chi connectivity index (χ0v) is 60.6. The van der Waals surface area contributed by atoms with Gasteiger partial charge in [-0.3, -0.25) is 18.6 Å². The fraction of sp³-hybridized carbons (Fsp3) is 0.663. The first-order valence-electron chi connectivity index (χ1n) is 38.0. The van der Waals surface area contributed by atoms with Crippen LogP contribution in [-0.4, -0.2) is 49.3 Å². The van der Waals surface area contributed by atoms with E-state index in [2.05, 4.69) is 172 Å². The maximum Gasteiger partial charge on any atom is 0.472 e. The largest absolute Gasteiger partial charge is 0.472 e. The minimum atomic E-state index is -4.42. The average Bonchev–Trinajstić information content (AvgIpc) is 3.32. The molecule has 530 valence electrons. The van der Waals surface area contributed by atoms with Crippen molar-refractivity contribution >= 4 is 19.8 Å². The lowest BCUT2D eigenvalue weighted by Crippen LogP contribution is -2.29. The number of carbonyl (C=O) groups is 2. The van der Waals surface area contributed by atoms with Crippen LogP contribution in [0.5, 0.6) is 0 Å². The molecule has 0 aliphatic carbocycles. The Morgan fingerprint density at radius 2 is 0.591 bits per heavy atom. The van der Waals surface area contributed by atoms with E-state index in [1.54, 1.807) is 0 Å². The summed E-state index contributed by atoms with van der Waals surface area (Å²) in [5, 5.41) is 0. The minimum Gasteiger partial charge on any atom is -0.462 e. The van der Waals surface area contributed by atoms with Crippen LogP contribution in [0.2, 0.25) is 0 Å². The van der Waals surface area contributed by atoms with Gasteiger partial charge in [-0.05, 0) is 128 Å². The lowest BCUT2D eigenvalue weighted by molar-refractivity contribution is -0.161. The third-order valence-electron chi connectivity index (χ3n) is 15.9. The average molecular weight is 1310 g/mol. The van der Waals surface area contributed by atoms with E-state index in [1.165, 1.54) is 180 Å². The van der Waals surface area contributed by atoms with Gasteiger partial charge in [0.05, 0.1) is 13.2 Å². The van der Waals surface area contributed by atoms with Crippen molar-refractivity contribution < 1.29 is 37.6 Å². The number of ether oxygens (including phenoxy) is 2. The highest BCUT2D eigenvalue weighted by molar-refractivity contribution is 7.47. The van der Waals surface area contributed by atoms with E-state index in [9.17, 15) is 19.0 Å². The van der Waals surface area contributed by atoms with Crippen LogP contribution in [0, 0.1) is 0 Å². The van der Waals surface area contributed by atoms with Crippen LogP contribution in [-0.2, 0) is 32.7 Å². The number of hydrogen-bond donors (Lipinski definition) is 2. The summed E-state index contributed by atoms with van der Waals surface area (Å²) < 4.78 is 33.2. The Hall–Kier alpha value is -4.37. The van der Waals surface area contributed by atoms with Gasteiger partial charge in [-0.2, -0.15) is 0 Å². The number of allylic oxidation sites excluding steroid dienone is 26. The monoisotopic (exact) mass is 1310 g/mol. The predicted octanol–water partition coefficient (Wildman–Crippen LogP) is 25.5. The Balaban J connectivity index is 3.92. The van der Waals surface area contributed by atoms with E-state index in [4.69, 9.17) is 24.3 Å². The standard InChI is InChI=1S/C83H140NO8P/c1-3-5-7-9-11-13-15-17-19-21-23-25-27-29-31-33-35-37-38-39-40-41-42-44-45-47-49-51-53-55-57-59-61-63-65-67-69-71-73-75-82(85)89-79-81(80-91-93(87,88)90-78-77-84)92-83(86)76-74-72-70-68-66-64-62-60-58-56-54-52-50-48-46-43-36-34-32-30-28-26-24-22-20-18-16-14-12-10-8-6-4-2/h6,8,12,14-15,17-18,20-21,23-24,26-27,29-30,32,36,43,48,50,54,56,60,62,66,68,81H,3-5,7,9-11,13,16,19,22,25,28,31,33-35,37-42,44-47,49,51-53,55,57-59,61,63-65,67,69-80,84H2,1-2H3,(H,87,88)/b8-6-,14-12-,17-15-,20-18-,23-21-,26-24-,29-27-,32-30-,43-36-,50-48-,56-54-,62-60-,68-66-. The van der Waals surface area contributed by atoms with Crippen molar-refractivity contribution in [1.29, 1.82) is 0 Å². The van der Waals surface area contributed by atoms with Crippen molar-refractivity contribution in [2.45, 2.75) is 328 Å². The van der Waals surface area contributed by atoms with Crippen molar-refractivity contribution in [2.75, 3.05) is 26.4 Å². The smallest absolute Gasteiger partial charge is 0.462 e. The summed E-state index contributed by atoms with van der Waals surface area (Å²) in [7, 11) is -4.42. The highest BCUT2D eigenvalue weighted by Crippen LogP contribution is 2.43. The quantitative estimate of drug-likeness (QED) is 0.0264. The van der Waals surface area contributed by atoms with E-state index in [0.29, 0.717) is 6.42 Å². The van der Waals surface area contributed by atoms with Crippen LogP contribution >= 0.6 is 7.82 Å². The molecule has 0 fully saturated rings. The van der Waals surface area contributed by atoms with E-state index in [-0.39, 0.29) is 32.6 Å². The molecule has 2 unspecified atom stereocenters. The van der Waals surface area contributed by atoms with E-state index in [1.807, 2.05) is 0 Å². The van der Waals surface area contributed by atoms with Crippen molar-refractivity contribution in [3.05, 3.63) is 158 Å². The summed E-state index contributed by atoms with van der Waals surface area (Å²) in [4.78, 5) is 35.4. The van der Waals surface area contributed by atoms with Crippen LogP contribution in [0.1, 0.15) is 322 Å². The second-order valence-corrected chi connectivity index (χ2v) is 26.2. The predicted molar refractivity (Wildman–Crippen MR) is 403 cm³/mol. The number of esters is 2. The van der Waals surface area contributed by atoms with Crippen LogP contribution in [0.4, 0.5) is 0 Å². The normalized spacial score (nSPS) is 13.8. The Kier molecular flexibility index (Phi) is 73.0. The third-order valence-corrected chi connectivity index (χ3v) is 16.9. The van der Waals surface area contributed by atoms with Crippen molar-refractivity contribution in [3.8, 4) is 0 Å². The van der Waals surface area contributed by atoms with Crippen LogP contribution in [0.3, 0.4) is 0 Å². The molecule has 3 N–H and O–H groups in total. The Morgan fingerprint density at radius 1 is 0.333 bits per heavy atom. The molecule has 0 amide bonds. The van der Waals surface area contributed by atoms with E-state index < -0.39 is 32.5 Å². The molecule has 0 heterocycles. The molecule has 0 saturated carbocycles. The maximum atomic E-state index is 12.8. The maximum absolute atomic E-state index is 12.8. The summed E-state index contributed by atoms with van der Waals surface area (Å²) in [5.74, 6) is -0.879. The molecule has 0 radical (unpaired) electrons. The Morgan fingerprint density at radius 3 is 0.903 bits per heavy atom. The van der Waals surface area contributed by atoms with Gasteiger partial charge in [0.25, 0.3) is 0 Å². The highest BCUT2D eigenvalue weighted by atomic mass is 31.2. The number of hydrogen-bond acceptors (Lipinski definition) is 8. The number of carbonyl (C=O) groups excluding carboxylic acids is 2. The molecular weight excluding hydrogens is 1170 g/mol. The van der Waals surface area contributed by atoms with E-state index >= 15 is 0 Å². The molecule has 0 bridgehead atoms. The van der Waals surface area contributed by atoms with E-state index in [0.717, 1.165) is 109 Å². The lowest BCUT2D eigenvalue weighted by atomic mass is 10.0. The van der Waals surface area contributed by atoms with Crippen LogP contribution in [0.25, 0.3) is 0 Å². The van der Waals surface area contributed by atoms with Gasteiger partial charge in [0.1, 0.15) is 6.61 Å². The lowest BCUT2D eigenvalue weighted by Gasteiger charge is -2.19. The van der Waals surface area contributed by atoms with Crippen LogP contribution in [0.15, 0.2) is 158 Å². The molecule has 9 nitrogen and oxygen atoms in total. The van der Waals surface area contributed by atoms with Gasteiger partial charge in [-0.25, -0.2) is 4.57 Å². The molecule has 93 heavy (non-hydrogen) atoms. The van der Waals surface area contributed by atoms with Gasteiger partial charge in [0.15, 0.2) is 6.10 Å². The highest BCUT2D eigenvalue weighted by Gasteiger charge is 2.26. The van der Waals surface area contributed by atoms with Gasteiger partial charge < -0.3 is 20.1 Å². The second-order valence-electron chi connectivity index (χ2n) is 24.8. The molecule has 0 rings (SSSR count). The molecule has 0 aromatic carbocycles. The van der Waals surface area contributed by atoms with Gasteiger partial charge in [-0.15, -0.1) is 0 Å². The van der Waals surface area contributed by atoms with Crippen molar-refractivity contribution in [1.82, 2.24) is 0 Å². The molecule has 2 atom stereocenters. The fourth-order valence-electron chi connectivity index (χ4n) is 10.3.